The second-order valence-corrected chi connectivity index (χ2v) is 3.82. The maximum atomic E-state index is 13.4. The largest absolute Gasteiger partial charge is 0.476 e. The number of carbonyl (C=O) groups is 1. The molecule has 0 aliphatic carbocycles. The zero-order valence-electron chi connectivity index (χ0n) is 9.72. The van der Waals surface area contributed by atoms with Crippen LogP contribution in [0.25, 0.3) is 0 Å². The molecular weight excluding hydrogens is 237 g/mol. The summed E-state index contributed by atoms with van der Waals surface area (Å²) in [6, 6.07) is 6.32. The summed E-state index contributed by atoms with van der Waals surface area (Å²) in [6.45, 7) is 0.207. The summed E-state index contributed by atoms with van der Waals surface area (Å²) < 4.78 is 14.8. The fourth-order valence-electron chi connectivity index (χ4n) is 1.61. The number of aromatic nitrogens is 2. The average Bonchev–Trinajstić information content (AvgIpc) is 2.70. The van der Waals surface area contributed by atoms with Gasteiger partial charge in [0.1, 0.15) is 5.82 Å². The summed E-state index contributed by atoms with van der Waals surface area (Å²) in [5, 5.41) is 15.6. The Morgan fingerprint density at radius 3 is 2.89 bits per heavy atom. The minimum Gasteiger partial charge on any atom is -0.476 e. The second-order valence-electron chi connectivity index (χ2n) is 3.82. The van der Waals surface area contributed by atoms with Crippen LogP contribution in [-0.4, -0.2) is 20.9 Å². The lowest BCUT2D eigenvalue weighted by Gasteiger charge is -2.05. The second kappa shape index (κ2) is 4.87. The lowest BCUT2D eigenvalue weighted by Crippen LogP contribution is -2.06. The molecule has 2 aromatic rings. The van der Waals surface area contributed by atoms with Gasteiger partial charge in [-0.15, -0.1) is 0 Å². The molecule has 0 radical (unpaired) electrons. The van der Waals surface area contributed by atoms with E-state index in [1.807, 2.05) is 0 Å². The molecule has 0 amide bonds. The molecule has 6 heteroatoms. The fraction of sp³-hybridized carbons (Fsp3) is 0.167. The molecule has 0 aliphatic rings. The topological polar surface area (TPSA) is 67.2 Å². The molecule has 0 spiro atoms. The van der Waals surface area contributed by atoms with Crippen LogP contribution in [0.3, 0.4) is 0 Å². The van der Waals surface area contributed by atoms with Gasteiger partial charge < -0.3 is 10.4 Å². The maximum absolute atomic E-state index is 13.4. The predicted octanol–water partition coefficient (Wildman–Crippen LogP) is 1.87. The number of rotatable bonds is 4. The van der Waals surface area contributed by atoms with E-state index in [2.05, 4.69) is 10.4 Å². The molecule has 0 atom stereocenters. The first-order valence-electron chi connectivity index (χ1n) is 5.32. The van der Waals surface area contributed by atoms with Crippen molar-refractivity contribution in [2.45, 2.75) is 6.54 Å². The van der Waals surface area contributed by atoms with E-state index in [0.717, 1.165) is 0 Å². The van der Waals surface area contributed by atoms with Crippen LogP contribution in [0.5, 0.6) is 0 Å². The number of nitrogens with zero attached hydrogens (tertiary/aromatic N) is 2. The zero-order valence-corrected chi connectivity index (χ0v) is 9.72. The number of halogens is 1. The van der Waals surface area contributed by atoms with E-state index in [1.165, 1.54) is 10.7 Å². The zero-order chi connectivity index (χ0) is 13.1. The SMILES string of the molecule is Cn1cc(NCc2ccccc2F)c(C(=O)O)n1. The van der Waals surface area contributed by atoms with Crippen molar-refractivity contribution in [1.82, 2.24) is 9.78 Å². The highest BCUT2D eigenvalue weighted by Crippen LogP contribution is 2.15. The first-order valence-corrected chi connectivity index (χ1v) is 5.32. The summed E-state index contributed by atoms with van der Waals surface area (Å²) in [4.78, 5) is 10.9. The standard InChI is InChI=1S/C12H12FN3O2/c1-16-7-10(11(15-16)12(17)18)14-6-8-4-2-3-5-9(8)13/h2-5,7,14H,6H2,1H3,(H,17,18). The summed E-state index contributed by atoms with van der Waals surface area (Å²) in [5.74, 6) is -1.45. The number of hydrogen-bond donors (Lipinski definition) is 2. The van der Waals surface area contributed by atoms with Gasteiger partial charge >= 0.3 is 5.97 Å². The first kappa shape index (κ1) is 12.1. The van der Waals surface area contributed by atoms with Gasteiger partial charge in [-0.05, 0) is 6.07 Å². The van der Waals surface area contributed by atoms with Crippen molar-refractivity contribution in [3.63, 3.8) is 0 Å². The molecule has 1 aromatic carbocycles. The number of benzene rings is 1. The Hall–Kier alpha value is -2.37. The van der Waals surface area contributed by atoms with Crippen LogP contribution in [0.15, 0.2) is 30.5 Å². The molecule has 1 heterocycles. The molecule has 2 N–H and O–H groups in total. The minimum absolute atomic E-state index is 0.0751. The molecule has 0 saturated carbocycles. The van der Waals surface area contributed by atoms with Crippen LogP contribution in [0.4, 0.5) is 10.1 Å². The van der Waals surface area contributed by atoms with Crippen molar-refractivity contribution >= 4 is 11.7 Å². The lowest BCUT2D eigenvalue weighted by molar-refractivity contribution is 0.0690. The summed E-state index contributed by atoms with van der Waals surface area (Å²) in [5.41, 5.74) is 0.764. The molecule has 0 fully saturated rings. The first-order chi connectivity index (χ1) is 8.58. The number of aryl methyl sites for hydroxylation is 1. The Balaban J connectivity index is 2.16. The molecular formula is C12H12FN3O2. The normalized spacial score (nSPS) is 10.3. The Bertz CT molecular complexity index is 580. The Kier molecular flexibility index (Phi) is 3.27. The summed E-state index contributed by atoms with van der Waals surface area (Å²) in [6.07, 6.45) is 1.55. The number of carboxylic acids is 1. The van der Waals surface area contributed by atoms with Gasteiger partial charge in [0.15, 0.2) is 5.69 Å². The highest BCUT2D eigenvalue weighted by atomic mass is 19.1. The van der Waals surface area contributed by atoms with E-state index < -0.39 is 5.97 Å². The number of aromatic carboxylic acids is 1. The Labute approximate surface area is 103 Å². The Morgan fingerprint density at radius 1 is 1.50 bits per heavy atom. The molecule has 18 heavy (non-hydrogen) atoms. The van der Waals surface area contributed by atoms with E-state index in [9.17, 15) is 9.18 Å². The van der Waals surface area contributed by atoms with Gasteiger partial charge in [-0.25, -0.2) is 9.18 Å². The van der Waals surface area contributed by atoms with Gasteiger partial charge in [-0.2, -0.15) is 5.10 Å². The predicted molar refractivity (Wildman–Crippen MR) is 63.9 cm³/mol. The quantitative estimate of drug-likeness (QED) is 0.868. The highest BCUT2D eigenvalue weighted by Gasteiger charge is 2.14. The minimum atomic E-state index is -1.12. The van der Waals surface area contributed by atoms with Crippen LogP contribution in [0.2, 0.25) is 0 Å². The lowest BCUT2D eigenvalue weighted by atomic mass is 10.2. The van der Waals surface area contributed by atoms with Gasteiger partial charge in [0.05, 0.1) is 5.69 Å². The molecule has 1 aromatic heterocycles. The third-order valence-electron chi connectivity index (χ3n) is 2.46. The van der Waals surface area contributed by atoms with Gasteiger partial charge in [-0.3, -0.25) is 4.68 Å². The van der Waals surface area contributed by atoms with Crippen LogP contribution in [-0.2, 0) is 13.6 Å². The van der Waals surface area contributed by atoms with E-state index in [-0.39, 0.29) is 18.1 Å². The average molecular weight is 249 g/mol. The van der Waals surface area contributed by atoms with Crippen molar-refractivity contribution in [2.24, 2.45) is 7.05 Å². The molecule has 5 nitrogen and oxygen atoms in total. The summed E-state index contributed by atoms with van der Waals surface area (Å²) in [7, 11) is 1.63. The van der Waals surface area contributed by atoms with E-state index in [1.54, 1.807) is 31.4 Å². The van der Waals surface area contributed by atoms with Gasteiger partial charge in [-0.1, -0.05) is 18.2 Å². The van der Waals surface area contributed by atoms with Crippen molar-refractivity contribution in [3.05, 3.63) is 47.5 Å². The number of anilines is 1. The molecule has 0 saturated heterocycles. The number of nitrogens with one attached hydrogen (secondary N) is 1. The van der Waals surface area contributed by atoms with Crippen LogP contribution < -0.4 is 5.32 Å². The van der Waals surface area contributed by atoms with Gasteiger partial charge in [0.25, 0.3) is 0 Å². The molecule has 0 bridgehead atoms. The van der Waals surface area contributed by atoms with Gasteiger partial charge in [0.2, 0.25) is 0 Å². The molecule has 0 aliphatic heterocycles. The molecule has 94 valence electrons. The molecule has 2 rings (SSSR count). The van der Waals surface area contributed by atoms with Crippen molar-refractivity contribution < 1.29 is 14.3 Å². The third-order valence-corrected chi connectivity index (χ3v) is 2.46. The highest BCUT2D eigenvalue weighted by molar-refractivity contribution is 5.91. The number of carboxylic acid groups (broad SMARTS) is 1. The van der Waals surface area contributed by atoms with Gasteiger partial charge in [0, 0.05) is 25.4 Å². The maximum Gasteiger partial charge on any atom is 0.358 e. The van der Waals surface area contributed by atoms with E-state index in [0.29, 0.717) is 11.3 Å². The molecule has 0 unspecified atom stereocenters. The van der Waals surface area contributed by atoms with Crippen molar-refractivity contribution in [2.75, 3.05) is 5.32 Å². The fourth-order valence-corrected chi connectivity index (χ4v) is 1.61. The number of hydrogen-bond acceptors (Lipinski definition) is 3. The van der Waals surface area contributed by atoms with Crippen molar-refractivity contribution in [3.8, 4) is 0 Å². The van der Waals surface area contributed by atoms with E-state index in [4.69, 9.17) is 5.11 Å². The van der Waals surface area contributed by atoms with E-state index >= 15 is 0 Å². The monoisotopic (exact) mass is 249 g/mol. The smallest absolute Gasteiger partial charge is 0.358 e. The summed E-state index contributed by atoms with van der Waals surface area (Å²) >= 11 is 0. The van der Waals surface area contributed by atoms with Crippen molar-refractivity contribution in [1.29, 1.82) is 0 Å². The Morgan fingerprint density at radius 2 is 2.22 bits per heavy atom. The van der Waals surface area contributed by atoms with Crippen LogP contribution in [0, 0.1) is 5.82 Å². The van der Waals surface area contributed by atoms with Crippen LogP contribution in [0.1, 0.15) is 16.1 Å². The third kappa shape index (κ3) is 2.48. The van der Waals surface area contributed by atoms with Crippen LogP contribution >= 0.6 is 0 Å².